The fourth-order valence-corrected chi connectivity index (χ4v) is 1.03. The maximum absolute atomic E-state index is 11.4. The van der Waals surface area contributed by atoms with Crippen LogP contribution in [0, 0.1) is 5.92 Å². The molecule has 0 aromatic carbocycles. The smallest absolute Gasteiger partial charge is 0.248 e. The fourth-order valence-electron chi connectivity index (χ4n) is 1.03. The zero-order valence-corrected chi connectivity index (χ0v) is 8.45. The van der Waals surface area contributed by atoms with Crippen LogP contribution in [-0.4, -0.2) is 31.4 Å². The van der Waals surface area contributed by atoms with Crippen molar-refractivity contribution in [1.29, 1.82) is 0 Å². The molecule has 0 aliphatic carbocycles. The summed E-state index contributed by atoms with van der Waals surface area (Å²) in [4.78, 5) is 26.2. The first-order valence-electron chi connectivity index (χ1n) is 4.38. The molecule has 0 saturated heterocycles. The molecule has 0 saturated carbocycles. The third-order valence-corrected chi connectivity index (χ3v) is 1.96. The predicted octanol–water partition coefficient (Wildman–Crippen LogP) is 1.01. The van der Waals surface area contributed by atoms with E-state index in [1.165, 1.54) is 12.2 Å². The van der Waals surface area contributed by atoms with Crippen molar-refractivity contribution in [3.8, 4) is 0 Å². The molecule has 1 unspecified atom stereocenters. The van der Waals surface area contributed by atoms with Crippen LogP contribution in [0.3, 0.4) is 0 Å². The van der Waals surface area contributed by atoms with E-state index in [1.807, 2.05) is 6.92 Å². The maximum atomic E-state index is 11.4. The van der Waals surface area contributed by atoms with Gasteiger partial charge in [0.1, 0.15) is 6.29 Å². The molecule has 0 aromatic heterocycles. The minimum Gasteiger partial charge on any atom is -0.303 e. The Kier molecular flexibility index (Phi) is 6.14. The number of rotatable bonds is 6. The van der Waals surface area contributed by atoms with Gasteiger partial charge in [-0.2, -0.15) is 0 Å². The second-order valence-electron chi connectivity index (χ2n) is 3.02. The largest absolute Gasteiger partial charge is 0.303 e. The van der Waals surface area contributed by atoms with Crippen molar-refractivity contribution >= 4 is 12.2 Å². The minimum absolute atomic E-state index is 0.0478. The van der Waals surface area contributed by atoms with E-state index < -0.39 is 0 Å². The SMILES string of the molecule is CON(C)C(=O)C(C)CCCC=O. The monoisotopic (exact) mass is 187 g/mol. The molecule has 0 aromatic rings. The molecule has 0 fully saturated rings. The van der Waals surface area contributed by atoms with E-state index in [-0.39, 0.29) is 11.8 Å². The van der Waals surface area contributed by atoms with Gasteiger partial charge < -0.3 is 4.79 Å². The molecule has 1 atom stereocenters. The van der Waals surface area contributed by atoms with Gasteiger partial charge in [-0.25, -0.2) is 5.06 Å². The second-order valence-corrected chi connectivity index (χ2v) is 3.02. The van der Waals surface area contributed by atoms with Crippen LogP contribution in [0.5, 0.6) is 0 Å². The summed E-state index contributed by atoms with van der Waals surface area (Å²) < 4.78 is 0. The van der Waals surface area contributed by atoms with Gasteiger partial charge in [-0.3, -0.25) is 9.63 Å². The number of nitrogens with zero attached hydrogens (tertiary/aromatic N) is 1. The van der Waals surface area contributed by atoms with E-state index in [1.54, 1.807) is 7.05 Å². The number of hydroxylamine groups is 2. The Balaban J connectivity index is 3.75. The van der Waals surface area contributed by atoms with Gasteiger partial charge >= 0.3 is 0 Å². The molecule has 1 amide bonds. The first kappa shape index (κ1) is 12.1. The third-order valence-electron chi connectivity index (χ3n) is 1.96. The van der Waals surface area contributed by atoms with Crippen molar-refractivity contribution in [2.45, 2.75) is 26.2 Å². The number of unbranched alkanes of at least 4 members (excludes halogenated alkanes) is 1. The van der Waals surface area contributed by atoms with Crippen molar-refractivity contribution in [1.82, 2.24) is 5.06 Å². The van der Waals surface area contributed by atoms with E-state index in [0.29, 0.717) is 6.42 Å². The van der Waals surface area contributed by atoms with E-state index in [4.69, 9.17) is 4.84 Å². The molecule has 0 rings (SSSR count). The summed E-state index contributed by atoms with van der Waals surface area (Å²) in [7, 11) is 3.04. The van der Waals surface area contributed by atoms with Crippen molar-refractivity contribution < 1.29 is 14.4 Å². The Bertz CT molecular complexity index is 170. The van der Waals surface area contributed by atoms with Gasteiger partial charge in [0.15, 0.2) is 0 Å². The molecular weight excluding hydrogens is 170 g/mol. The molecular formula is C9H17NO3. The molecule has 13 heavy (non-hydrogen) atoms. The summed E-state index contributed by atoms with van der Waals surface area (Å²) in [6, 6.07) is 0. The number of amides is 1. The van der Waals surface area contributed by atoms with Gasteiger partial charge in [0.2, 0.25) is 5.91 Å². The van der Waals surface area contributed by atoms with E-state index in [0.717, 1.165) is 19.1 Å². The molecule has 4 nitrogen and oxygen atoms in total. The summed E-state index contributed by atoms with van der Waals surface area (Å²) >= 11 is 0. The molecule has 4 heteroatoms. The molecule has 0 aliphatic rings. The molecule has 0 bridgehead atoms. The first-order chi connectivity index (χ1) is 6.13. The fraction of sp³-hybridized carbons (Fsp3) is 0.778. The molecule has 76 valence electrons. The Morgan fingerprint density at radius 1 is 1.62 bits per heavy atom. The summed E-state index contributed by atoms with van der Waals surface area (Å²) in [5.74, 6) is -0.127. The van der Waals surface area contributed by atoms with Crippen LogP contribution in [0.2, 0.25) is 0 Å². The zero-order chi connectivity index (χ0) is 10.3. The van der Waals surface area contributed by atoms with Crippen LogP contribution in [0.25, 0.3) is 0 Å². The molecule has 0 spiro atoms. The molecule has 0 N–H and O–H groups in total. The average Bonchev–Trinajstić information content (AvgIpc) is 2.15. The molecule has 0 heterocycles. The Morgan fingerprint density at radius 2 is 2.23 bits per heavy atom. The number of carbonyl (C=O) groups is 2. The van der Waals surface area contributed by atoms with Gasteiger partial charge in [-0.15, -0.1) is 0 Å². The van der Waals surface area contributed by atoms with Crippen LogP contribution in [0.4, 0.5) is 0 Å². The van der Waals surface area contributed by atoms with E-state index in [9.17, 15) is 9.59 Å². The van der Waals surface area contributed by atoms with Gasteiger partial charge in [0, 0.05) is 19.4 Å². The number of aldehydes is 1. The summed E-state index contributed by atoms with van der Waals surface area (Å²) in [6.07, 6.45) is 2.88. The topological polar surface area (TPSA) is 46.6 Å². The number of hydrogen-bond acceptors (Lipinski definition) is 3. The third kappa shape index (κ3) is 4.62. The van der Waals surface area contributed by atoms with Crippen molar-refractivity contribution in [2.75, 3.05) is 14.2 Å². The minimum atomic E-state index is -0.0788. The van der Waals surface area contributed by atoms with Gasteiger partial charge in [0.05, 0.1) is 7.11 Å². The van der Waals surface area contributed by atoms with Crippen molar-refractivity contribution in [3.05, 3.63) is 0 Å². The van der Waals surface area contributed by atoms with Crippen LogP contribution in [0.1, 0.15) is 26.2 Å². The highest BCUT2D eigenvalue weighted by atomic mass is 16.7. The lowest BCUT2D eigenvalue weighted by molar-refractivity contribution is -0.173. The van der Waals surface area contributed by atoms with Crippen LogP contribution in [-0.2, 0) is 14.4 Å². The number of carbonyl (C=O) groups excluding carboxylic acids is 2. The van der Waals surface area contributed by atoms with Crippen LogP contribution < -0.4 is 0 Å². The summed E-state index contributed by atoms with van der Waals surface area (Å²) in [6.45, 7) is 1.84. The van der Waals surface area contributed by atoms with E-state index in [2.05, 4.69) is 0 Å². The predicted molar refractivity (Wildman–Crippen MR) is 48.9 cm³/mol. The normalized spacial score (nSPS) is 12.2. The van der Waals surface area contributed by atoms with Crippen molar-refractivity contribution in [3.63, 3.8) is 0 Å². The Labute approximate surface area is 78.8 Å². The zero-order valence-electron chi connectivity index (χ0n) is 8.45. The lowest BCUT2D eigenvalue weighted by atomic mass is 10.0. The second kappa shape index (κ2) is 6.60. The highest BCUT2D eigenvalue weighted by molar-refractivity contribution is 5.77. The Hall–Kier alpha value is -0.900. The lowest BCUT2D eigenvalue weighted by Crippen LogP contribution is -2.30. The molecule has 0 radical (unpaired) electrons. The highest BCUT2D eigenvalue weighted by Crippen LogP contribution is 2.09. The highest BCUT2D eigenvalue weighted by Gasteiger charge is 2.16. The van der Waals surface area contributed by atoms with Crippen LogP contribution in [0.15, 0.2) is 0 Å². The van der Waals surface area contributed by atoms with Crippen LogP contribution >= 0.6 is 0 Å². The average molecular weight is 187 g/mol. The van der Waals surface area contributed by atoms with Crippen molar-refractivity contribution in [2.24, 2.45) is 5.92 Å². The summed E-state index contributed by atoms with van der Waals surface area (Å²) in [5.41, 5.74) is 0. The Morgan fingerprint density at radius 3 is 2.69 bits per heavy atom. The maximum Gasteiger partial charge on any atom is 0.248 e. The molecule has 0 aliphatic heterocycles. The lowest BCUT2D eigenvalue weighted by Gasteiger charge is -2.18. The van der Waals surface area contributed by atoms with Gasteiger partial charge in [-0.1, -0.05) is 6.92 Å². The standard InChI is InChI=1S/C9H17NO3/c1-8(6-4-5-7-11)9(12)10(2)13-3/h7-8H,4-6H2,1-3H3. The van der Waals surface area contributed by atoms with Gasteiger partial charge in [0.25, 0.3) is 0 Å². The first-order valence-corrected chi connectivity index (χ1v) is 4.38. The van der Waals surface area contributed by atoms with E-state index >= 15 is 0 Å². The number of hydrogen-bond donors (Lipinski definition) is 0. The summed E-state index contributed by atoms with van der Waals surface area (Å²) in [5, 5.41) is 1.21. The quantitative estimate of drug-likeness (QED) is 0.354. The van der Waals surface area contributed by atoms with Gasteiger partial charge in [-0.05, 0) is 12.8 Å².